The molecular weight excluding hydrogens is 346 g/mol. The van der Waals surface area contributed by atoms with E-state index in [-0.39, 0.29) is 6.10 Å². The first kappa shape index (κ1) is 18.4. The standard InChI is InChI=1S/C19H23N5OS/c1-5-14-10-17(23-18(21-14)16-8-6-7-9-20-16)24(3)11-15-12-26-19(22-15)13(2)25-4/h6-10,12-13H,5,11H2,1-4H3/t13-/m1/s1. The number of hydrogen-bond donors (Lipinski definition) is 0. The Balaban J connectivity index is 1.84. The normalized spacial score (nSPS) is 12.2. The van der Waals surface area contributed by atoms with Crippen LogP contribution >= 0.6 is 11.3 Å². The fraction of sp³-hybridized carbons (Fsp3) is 0.368. The van der Waals surface area contributed by atoms with Gasteiger partial charge in [0.05, 0.1) is 12.2 Å². The molecule has 0 saturated carbocycles. The van der Waals surface area contributed by atoms with Crippen molar-refractivity contribution >= 4 is 17.2 Å². The molecule has 0 aliphatic carbocycles. The van der Waals surface area contributed by atoms with Crippen LogP contribution in [0.15, 0.2) is 35.8 Å². The molecule has 7 heteroatoms. The molecule has 3 aromatic heterocycles. The highest BCUT2D eigenvalue weighted by Crippen LogP contribution is 2.23. The highest BCUT2D eigenvalue weighted by atomic mass is 32.1. The van der Waals surface area contributed by atoms with E-state index < -0.39 is 0 Å². The van der Waals surface area contributed by atoms with Crippen molar-refractivity contribution in [3.63, 3.8) is 0 Å². The van der Waals surface area contributed by atoms with Crippen molar-refractivity contribution in [1.82, 2.24) is 19.9 Å². The largest absolute Gasteiger partial charge is 0.375 e. The maximum absolute atomic E-state index is 5.34. The van der Waals surface area contributed by atoms with Gasteiger partial charge in [0.15, 0.2) is 5.82 Å². The van der Waals surface area contributed by atoms with Gasteiger partial charge in [-0.2, -0.15) is 0 Å². The van der Waals surface area contributed by atoms with Crippen LogP contribution in [0.25, 0.3) is 11.5 Å². The van der Waals surface area contributed by atoms with E-state index in [2.05, 4.69) is 32.2 Å². The second-order valence-corrected chi connectivity index (χ2v) is 6.91. The summed E-state index contributed by atoms with van der Waals surface area (Å²) in [6.45, 7) is 4.77. The minimum absolute atomic E-state index is 0.0144. The molecule has 0 radical (unpaired) electrons. The van der Waals surface area contributed by atoms with Crippen molar-refractivity contribution in [2.45, 2.75) is 32.9 Å². The molecule has 0 spiro atoms. The van der Waals surface area contributed by atoms with E-state index in [1.165, 1.54) is 0 Å². The van der Waals surface area contributed by atoms with Crippen LogP contribution < -0.4 is 4.90 Å². The summed E-state index contributed by atoms with van der Waals surface area (Å²) in [7, 11) is 3.72. The number of ether oxygens (including phenoxy) is 1. The quantitative estimate of drug-likeness (QED) is 0.629. The summed E-state index contributed by atoms with van der Waals surface area (Å²) >= 11 is 1.62. The van der Waals surface area contributed by atoms with Gasteiger partial charge in [0.1, 0.15) is 22.6 Å². The van der Waals surface area contributed by atoms with Crippen LogP contribution in [0.4, 0.5) is 5.82 Å². The molecule has 6 nitrogen and oxygen atoms in total. The summed E-state index contributed by atoms with van der Waals surface area (Å²) in [4.78, 5) is 20.5. The van der Waals surface area contributed by atoms with Gasteiger partial charge >= 0.3 is 0 Å². The molecule has 1 atom stereocenters. The van der Waals surface area contributed by atoms with Crippen LogP contribution in [-0.4, -0.2) is 34.1 Å². The van der Waals surface area contributed by atoms with Crippen LogP contribution in [0.2, 0.25) is 0 Å². The Morgan fingerprint density at radius 3 is 2.73 bits per heavy atom. The van der Waals surface area contributed by atoms with Crippen molar-refractivity contribution in [3.05, 3.63) is 52.2 Å². The summed E-state index contributed by atoms with van der Waals surface area (Å²) in [5.74, 6) is 1.52. The number of rotatable bonds is 7. The van der Waals surface area contributed by atoms with E-state index in [9.17, 15) is 0 Å². The molecule has 0 aliphatic heterocycles. The Morgan fingerprint density at radius 2 is 2.04 bits per heavy atom. The Hall–Kier alpha value is -2.38. The molecule has 0 N–H and O–H groups in total. The van der Waals surface area contributed by atoms with Crippen molar-refractivity contribution in [2.75, 3.05) is 19.1 Å². The summed E-state index contributed by atoms with van der Waals surface area (Å²) in [5.41, 5.74) is 2.78. The third-order valence-corrected chi connectivity index (χ3v) is 5.14. The van der Waals surface area contributed by atoms with Gasteiger partial charge in [-0.15, -0.1) is 11.3 Å². The minimum atomic E-state index is 0.0144. The summed E-state index contributed by atoms with van der Waals surface area (Å²) < 4.78 is 5.34. The molecule has 0 aromatic carbocycles. The van der Waals surface area contributed by atoms with Crippen LogP contribution in [0.5, 0.6) is 0 Å². The molecule has 136 valence electrons. The van der Waals surface area contributed by atoms with Crippen LogP contribution in [-0.2, 0) is 17.7 Å². The fourth-order valence-electron chi connectivity index (χ4n) is 2.48. The van der Waals surface area contributed by atoms with Crippen molar-refractivity contribution < 1.29 is 4.74 Å². The third-order valence-electron chi connectivity index (χ3n) is 4.08. The topological polar surface area (TPSA) is 64.0 Å². The third kappa shape index (κ3) is 4.23. The molecule has 0 aliphatic rings. The van der Waals surface area contributed by atoms with Gasteiger partial charge in [-0.1, -0.05) is 13.0 Å². The molecule has 3 aromatic rings. The van der Waals surface area contributed by atoms with E-state index in [0.29, 0.717) is 12.4 Å². The predicted molar refractivity (Wildman–Crippen MR) is 104 cm³/mol. The average Bonchev–Trinajstić information content (AvgIpc) is 3.16. The molecule has 0 amide bonds. The van der Waals surface area contributed by atoms with E-state index in [4.69, 9.17) is 9.72 Å². The molecule has 0 bridgehead atoms. The van der Waals surface area contributed by atoms with Gasteiger partial charge in [-0.25, -0.2) is 15.0 Å². The SMILES string of the molecule is CCc1cc(N(C)Cc2csc([C@@H](C)OC)n2)nc(-c2ccccn2)n1. The lowest BCUT2D eigenvalue weighted by Gasteiger charge is -2.18. The Morgan fingerprint density at radius 1 is 1.19 bits per heavy atom. The van der Waals surface area contributed by atoms with Crippen LogP contribution in [0, 0.1) is 0 Å². The molecule has 0 unspecified atom stereocenters. The summed E-state index contributed by atoms with van der Waals surface area (Å²) in [6, 6.07) is 7.79. The first-order valence-electron chi connectivity index (χ1n) is 8.58. The zero-order valence-corrected chi connectivity index (χ0v) is 16.3. The number of nitrogens with zero attached hydrogens (tertiary/aromatic N) is 5. The van der Waals surface area contributed by atoms with Gasteiger partial charge in [0, 0.05) is 37.5 Å². The minimum Gasteiger partial charge on any atom is -0.375 e. The summed E-state index contributed by atoms with van der Waals surface area (Å²) in [6.07, 6.45) is 2.62. The van der Waals surface area contributed by atoms with Gasteiger partial charge in [-0.3, -0.25) is 4.98 Å². The zero-order valence-electron chi connectivity index (χ0n) is 15.5. The van der Waals surface area contributed by atoms with Gasteiger partial charge in [-0.05, 0) is 25.5 Å². The van der Waals surface area contributed by atoms with Crippen LogP contribution in [0.3, 0.4) is 0 Å². The van der Waals surface area contributed by atoms with E-state index in [0.717, 1.165) is 34.3 Å². The van der Waals surface area contributed by atoms with Crippen molar-refractivity contribution in [3.8, 4) is 11.5 Å². The predicted octanol–water partition coefficient (Wildman–Crippen LogP) is 3.90. The molecule has 3 rings (SSSR count). The van der Waals surface area contributed by atoms with Gasteiger partial charge in [0.2, 0.25) is 0 Å². The second-order valence-electron chi connectivity index (χ2n) is 6.02. The van der Waals surface area contributed by atoms with E-state index >= 15 is 0 Å². The molecule has 0 saturated heterocycles. The maximum atomic E-state index is 5.34. The molecular formula is C19H23N5OS. The number of aromatic nitrogens is 4. The first-order chi connectivity index (χ1) is 12.6. The Kier molecular flexibility index (Phi) is 5.90. The lowest BCUT2D eigenvalue weighted by molar-refractivity contribution is 0.119. The Bertz CT molecular complexity index is 852. The number of anilines is 1. The summed E-state index contributed by atoms with van der Waals surface area (Å²) in [5, 5.41) is 3.06. The highest BCUT2D eigenvalue weighted by Gasteiger charge is 2.14. The van der Waals surface area contributed by atoms with Gasteiger partial charge < -0.3 is 9.64 Å². The molecule has 0 fully saturated rings. The number of hydrogen-bond acceptors (Lipinski definition) is 7. The number of aryl methyl sites for hydroxylation is 1. The zero-order chi connectivity index (χ0) is 18.5. The van der Waals surface area contributed by atoms with E-state index in [1.807, 2.05) is 38.2 Å². The average molecular weight is 369 g/mol. The number of pyridine rings is 1. The first-order valence-corrected chi connectivity index (χ1v) is 9.46. The monoisotopic (exact) mass is 369 g/mol. The lowest BCUT2D eigenvalue weighted by Crippen LogP contribution is -2.19. The van der Waals surface area contributed by atoms with Crippen molar-refractivity contribution in [1.29, 1.82) is 0 Å². The molecule has 3 heterocycles. The number of methoxy groups -OCH3 is 1. The molecule has 26 heavy (non-hydrogen) atoms. The lowest BCUT2D eigenvalue weighted by atomic mass is 10.2. The highest BCUT2D eigenvalue weighted by molar-refractivity contribution is 7.09. The Labute approximate surface area is 157 Å². The second kappa shape index (κ2) is 8.33. The fourth-order valence-corrected chi connectivity index (χ4v) is 3.32. The van der Waals surface area contributed by atoms with Gasteiger partial charge in [0.25, 0.3) is 0 Å². The van der Waals surface area contributed by atoms with Crippen molar-refractivity contribution in [2.24, 2.45) is 0 Å². The van der Waals surface area contributed by atoms with E-state index in [1.54, 1.807) is 24.6 Å². The van der Waals surface area contributed by atoms with Crippen LogP contribution in [0.1, 0.15) is 36.3 Å². The smallest absolute Gasteiger partial charge is 0.180 e. The number of thiazole rings is 1. The maximum Gasteiger partial charge on any atom is 0.180 e.